The summed E-state index contributed by atoms with van der Waals surface area (Å²) in [5.41, 5.74) is 1.03. The summed E-state index contributed by atoms with van der Waals surface area (Å²) in [6.07, 6.45) is 0. The lowest BCUT2D eigenvalue weighted by Gasteiger charge is -2.22. The number of esters is 1. The molecule has 146 valence electrons. The number of rotatable bonds is 6. The molecule has 0 N–H and O–H groups in total. The third kappa shape index (κ3) is 4.64. The molecule has 0 fully saturated rings. The molecule has 0 aromatic heterocycles. The summed E-state index contributed by atoms with van der Waals surface area (Å²) >= 11 is 0. The van der Waals surface area contributed by atoms with Gasteiger partial charge in [0.15, 0.2) is 11.5 Å². The quantitative estimate of drug-likeness (QED) is 0.701. The molecule has 27 heavy (non-hydrogen) atoms. The second kappa shape index (κ2) is 8.20. The van der Waals surface area contributed by atoms with Gasteiger partial charge >= 0.3 is 5.97 Å². The van der Waals surface area contributed by atoms with Gasteiger partial charge in [-0.05, 0) is 44.5 Å². The van der Waals surface area contributed by atoms with Gasteiger partial charge in [-0.25, -0.2) is 4.79 Å². The van der Waals surface area contributed by atoms with Crippen molar-refractivity contribution in [2.45, 2.75) is 26.4 Å². The van der Waals surface area contributed by atoms with Crippen LogP contribution in [0.15, 0.2) is 30.3 Å². The van der Waals surface area contributed by atoms with Crippen LogP contribution in [0.3, 0.4) is 0 Å². The first-order valence-electron chi connectivity index (χ1n) is 8.45. The van der Waals surface area contributed by atoms with Crippen molar-refractivity contribution < 1.29 is 28.5 Å². The van der Waals surface area contributed by atoms with Gasteiger partial charge in [-0.1, -0.05) is 6.07 Å². The predicted octanol–water partition coefficient (Wildman–Crippen LogP) is 4.34. The fraction of sp³-hybridized carbons (Fsp3) is 0.381. The summed E-state index contributed by atoms with van der Waals surface area (Å²) < 4.78 is 27.1. The molecule has 0 heterocycles. The number of hydrogen-bond donors (Lipinski definition) is 0. The summed E-state index contributed by atoms with van der Waals surface area (Å²) in [5, 5.41) is 0. The third-order valence-corrected chi connectivity index (χ3v) is 3.83. The van der Waals surface area contributed by atoms with Crippen LogP contribution in [0.4, 0.5) is 0 Å². The van der Waals surface area contributed by atoms with Gasteiger partial charge in [0.05, 0.1) is 28.4 Å². The highest BCUT2D eigenvalue weighted by Crippen LogP contribution is 2.39. The fourth-order valence-electron chi connectivity index (χ4n) is 2.64. The Morgan fingerprint density at radius 1 is 0.778 bits per heavy atom. The number of benzene rings is 2. The lowest BCUT2D eigenvalue weighted by molar-refractivity contribution is 0.00675. The Hall–Kier alpha value is -2.89. The van der Waals surface area contributed by atoms with Crippen LogP contribution in [0, 0.1) is 0 Å². The van der Waals surface area contributed by atoms with E-state index in [1.807, 2.05) is 26.8 Å². The van der Waals surface area contributed by atoms with Crippen molar-refractivity contribution in [3.05, 3.63) is 35.9 Å². The molecule has 2 aromatic rings. The first kappa shape index (κ1) is 20.4. The standard InChI is InChI=1S/C21H26O6/c1-21(2,3)27-20(22)19-15(11-14(23-4)12-18(19)26-7)13-8-9-16(24-5)17(10-13)25-6/h8-12H,1-7H3. The molecule has 0 saturated carbocycles. The molecular formula is C21H26O6. The van der Waals surface area contributed by atoms with Crippen molar-refractivity contribution in [2.24, 2.45) is 0 Å². The fourth-order valence-corrected chi connectivity index (χ4v) is 2.64. The second-order valence-electron chi connectivity index (χ2n) is 6.82. The van der Waals surface area contributed by atoms with Gasteiger partial charge in [-0.2, -0.15) is 0 Å². The topological polar surface area (TPSA) is 63.2 Å². The Labute approximate surface area is 160 Å². The summed E-state index contributed by atoms with van der Waals surface area (Å²) in [6, 6.07) is 8.83. The summed E-state index contributed by atoms with van der Waals surface area (Å²) in [6.45, 7) is 5.45. The van der Waals surface area contributed by atoms with Gasteiger partial charge < -0.3 is 23.7 Å². The van der Waals surface area contributed by atoms with Gasteiger partial charge in [0.1, 0.15) is 22.7 Å². The van der Waals surface area contributed by atoms with Crippen LogP contribution in [0.25, 0.3) is 11.1 Å². The Kier molecular flexibility index (Phi) is 6.20. The predicted molar refractivity (Wildman–Crippen MR) is 103 cm³/mol. The van der Waals surface area contributed by atoms with Crippen LogP contribution in [0.1, 0.15) is 31.1 Å². The summed E-state index contributed by atoms with van der Waals surface area (Å²) in [5.74, 6) is 1.59. The molecule has 0 spiro atoms. The maximum atomic E-state index is 12.9. The van der Waals surface area contributed by atoms with E-state index in [2.05, 4.69) is 0 Å². The second-order valence-corrected chi connectivity index (χ2v) is 6.82. The van der Waals surface area contributed by atoms with Gasteiger partial charge in [-0.3, -0.25) is 0 Å². The highest BCUT2D eigenvalue weighted by molar-refractivity contribution is 6.01. The minimum Gasteiger partial charge on any atom is -0.497 e. The van der Waals surface area contributed by atoms with Gasteiger partial charge in [0, 0.05) is 11.6 Å². The van der Waals surface area contributed by atoms with E-state index in [1.54, 1.807) is 45.6 Å². The number of carbonyl (C=O) groups is 1. The lowest BCUT2D eigenvalue weighted by atomic mass is 9.97. The van der Waals surface area contributed by atoms with Crippen LogP contribution in [0.2, 0.25) is 0 Å². The average Bonchev–Trinajstić information content (AvgIpc) is 2.64. The molecular weight excluding hydrogens is 348 g/mol. The van der Waals surface area contributed by atoms with Crippen LogP contribution in [-0.2, 0) is 4.74 Å². The SMILES string of the molecule is COc1cc(OC)c(C(=O)OC(C)(C)C)c(-c2ccc(OC)c(OC)c2)c1. The Morgan fingerprint density at radius 3 is 1.93 bits per heavy atom. The molecule has 2 aromatic carbocycles. The van der Waals surface area contributed by atoms with E-state index >= 15 is 0 Å². The molecule has 0 amide bonds. The number of hydrogen-bond acceptors (Lipinski definition) is 6. The van der Waals surface area contributed by atoms with E-state index in [-0.39, 0.29) is 0 Å². The highest BCUT2D eigenvalue weighted by Gasteiger charge is 2.26. The zero-order valence-electron chi connectivity index (χ0n) is 16.8. The molecule has 0 bridgehead atoms. The Morgan fingerprint density at radius 2 is 1.41 bits per heavy atom. The zero-order valence-corrected chi connectivity index (χ0v) is 16.8. The number of carbonyl (C=O) groups excluding carboxylic acids is 1. The molecule has 0 aliphatic heterocycles. The maximum Gasteiger partial charge on any atom is 0.343 e. The van der Waals surface area contributed by atoms with E-state index in [1.165, 1.54) is 7.11 Å². The third-order valence-electron chi connectivity index (χ3n) is 3.83. The number of ether oxygens (including phenoxy) is 5. The van der Waals surface area contributed by atoms with E-state index in [4.69, 9.17) is 23.7 Å². The van der Waals surface area contributed by atoms with Crippen molar-refractivity contribution >= 4 is 5.97 Å². The molecule has 0 saturated heterocycles. The van der Waals surface area contributed by atoms with Crippen molar-refractivity contribution in [3.8, 4) is 34.1 Å². The van der Waals surface area contributed by atoms with Crippen LogP contribution in [0.5, 0.6) is 23.0 Å². The Balaban J connectivity index is 2.71. The minimum atomic E-state index is -0.642. The number of methoxy groups -OCH3 is 4. The first-order chi connectivity index (χ1) is 12.7. The average molecular weight is 374 g/mol. The normalized spacial score (nSPS) is 10.9. The van der Waals surface area contributed by atoms with Gasteiger partial charge in [0.25, 0.3) is 0 Å². The molecule has 0 atom stereocenters. The van der Waals surface area contributed by atoms with Crippen molar-refractivity contribution in [2.75, 3.05) is 28.4 Å². The first-order valence-corrected chi connectivity index (χ1v) is 8.45. The van der Waals surface area contributed by atoms with Crippen molar-refractivity contribution in [3.63, 3.8) is 0 Å². The largest absolute Gasteiger partial charge is 0.497 e. The van der Waals surface area contributed by atoms with E-state index in [0.717, 1.165) is 5.56 Å². The summed E-state index contributed by atoms with van der Waals surface area (Å²) in [7, 11) is 6.18. The van der Waals surface area contributed by atoms with E-state index in [0.29, 0.717) is 34.1 Å². The maximum absolute atomic E-state index is 12.9. The molecule has 0 unspecified atom stereocenters. The molecule has 0 aliphatic rings. The molecule has 6 heteroatoms. The monoisotopic (exact) mass is 374 g/mol. The van der Waals surface area contributed by atoms with Gasteiger partial charge in [-0.15, -0.1) is 0 Å². The molecule has 0 aliphatic carbocycles. The molecule has 6 nitrogen and oxygen atoms in total. The smallest absolute Gasteiger partial charge is 0.343 e. The highest BCUT2D eigenvalue weighted by atomic mass is 16.6. The van der Waals surface area contributed by atoms with Crippen molar-refractivity contribution in [1.29, 1.82) is 0 Å². The van der Waals surface area contributed by atoms with E-state index in [9.17, 15) is 4.79 Å². The Bertz CT molecular complexity index is 820. The van der Waals surface area contributed by atoms with Gasteiger partial charge in [0.2, 0.25) is 0 Å². The van der Waals surface area contributed by atoms with Crippen LogP contribution < -0.4 is 18.9 Å². The van der Waals surface area contributed by atoms with E-state index < -0.39 is 11.6 Å². The zero-order chi connectivity index (χ0) is 20.2. The molecule has 2 rings (SSSR count). The minimum absolute atomic E-state index is 0.320. The van der Waals surface area contributed by atoms with Crippen LogP contribution >= 0.6 is 0 Å². The van der Waals surface area contributed by atoms with Crippen LogP contribution in [-0.4, -0.2) is 40.0 Å². The lowest BCUT2D eigenvalue weighted by Crippen LogP contribution is -2.24. The van der Waals surface area contributed by atoms with Crippen molar-refractivity contribution in [1.82, 2.24) is 0 Å². The summed E-state index contributed by atoms with van der Waals surface area (Å²) in [4.78, 5) is 12.9. The molecule has 0 radical (unpaired) electrons.